The fourth-order valence-corrected chi connectivity index (χ4v) is 2.10. The molecule has 1 aromatic rings. The first-order valence-corrected chi connectivity index (χ1v) is 4.86. The van der Waals surface area contributed by atoms with Crippen LogP contribution in [0.15, 0.2) is 12.1 Å². The van der Waals surface area contributed by atoms with E-state index in [1.807, 2.05) is 0 Å². The van der Waals surface area contributed by atoms with Crippen LogP contribution in [0.2, 0.25) is 0 Å². The van der Waals surface area contributed by atoms with Crippen molar-refractivity contribution in [2.45, 2.75) is 24.7 Å². The average Bonchev–Trinajstić information content (AvgIpc) is 2.06. The van der Waals surface area contributed by atoms with Gasteiger partial charge in [0.15, 0.2) is 0 Å². The van der Waals surface area contributed by atoms with Crippen LogP contribution in [0.25, 0.3) is 0 Å². The molecule has 1 aromatic carbocycles. The molecule has 5 heteroatoms. The highest BCUT2D eigenvalue weighted by molar-refractivity contribution is 5.82. The Labute approximate surface area is 89.7 Å². The van der Waals surface area contributed by atoms with Gasteiger partial charge in [0.05, 0.1) is 5.41 Å². The molecule has 2 rings (SSSR count). The van der Waals surface area contributed by atoms with Crippen molar-refractivity contribution in [1.82, 2.24) is 0 Å². The van der Waals surface area contributed by atoms with Crippen molar-refractivity contribution < 1.29 is 23.1 Å². The second kappa shape index (κ2) is 3.50. The maximum Gasteiger partial charge on any atom is 0.314 e. The highest BCUT2D eigenvalue weighted by Crippen LogP contribution is 2.46. The van der Waals surface area contributed by atoms with E-state index >= 15 is 0 Å². The van der Waals surface area contributed by atoms with Crippen LogP contribution in [0.4, 0.5) is 13.2 Å². The van der Waals surface area contributed by atoms with Gasteiger partial charge in [0, 0.05) is 17.7 Å². The number of rotatable bonds is 2. The molecular weight excluding hydrogens is 221 g/mol. The predicted octanol–water partition coefficient (Wildman–Crippen LogP) is 2.61. The first-order chi connectivity index (χ1) is 7.47. The lowest BCUT2D eigenvalue weighted by molar-refractivity contribution is -0.147. The monoisotopic (exact) mass is 230 g/mol. The molecule has 0 radical (unpaired) electrons. The van der Waals surface area contributed by atoms with Gasteiger partial charge in [0.25, 0.3) is 0 Å². The number of carbonyl (C=O) groups is 1. The second-order valence-corrected chi connectivity index (χ2v) is 3.99. The van der Waals surface area contributed by atoms with E-state index in [0.29, 0.717) is 18.6 Å². The van der Waals surface area contributed by atoms with Gasteiger partial charge in [-0.1, -0.05) is 6.42 Å². The predicted molar refractivity (Wildman–Crippen MR) is 49.5 cm³/mol. The first kappa shape index (κ1) is 11.0. The van der Waals surface area contributed by atoms with Crippen molar-refractivity contribution in [1.29, 1.82) is 0 Å². The van der Waals surface area contributed by atoms with E-state index in [1.54, 1.807) is 0 Å². The Morgan fingerprint density at radius 3 is 2.00 bits per heavy atom. The largest absolute Gasteiger partial charge is 0.481 e. The zero-order valence-electron chi connectivity index (χ0n) is 8.27. The van der Waals surface area contributed by atoms with E-state index < -0.39 is 34.4 Å². The van der Waals surface area contributed by atoms with Crippen LogP contribution in [0.1, 0.15) is 24.8 Å². The number of aliphatic carboxylic acids is 1. The van der Waals surface area contributed by atoms with E-state index in [-0.39, 0.29) is 12.8 Å². The molecule has 0 bridgehead atoms. The molecule has 0 atom stereocenters. The topological polar surface area (TPSA) is 37.3 Å². The number of carboxylic acid groups (broad SMARTS) is 1. The smallest absolute Gasteiger partial charge is 0.314 e. The zero-order valence-corrected chi connectivity index (χ0v) is 8.27. The number of benzene rings is 1. The van der Waals surface area contributed by atoms with Crippen LogP contribution in [0.3, 0.4) is 0 Å². The zero-order chi connectivity index (χ0) is 11.9. The minimum absolute atomic E-state index is 0.182. The van der Waals surface area contributed by atoms with Gasteiger partial charge in [0.1, 0.15) is 17.5 Å². The highest BCUT2D eigenvalue weighted by Gasteiger charge is 2.49. The molecule has 0 aliphatic heterocycles. The fourth-order valence-electron chi connectivity index (χ4n) is 2.10. The highest BCUT2D eigenvalue weighted by atomic mass is 19.1. The Balaban J connectivity index is 2.59. The summed E-state index contributed by atoms with van der Waals surface area (Å²) in [6, 6.07) is 1.03. The van der Waals surface area contributed by atoms with Gasteiger partial charge in [-0.2, -0.15) is 0 Å². The second-order valence-electron chi connectivity index (χ2n) is 3.99. The molecule has 0 amide bonds. The summed E-state index contributed by atoms with van der Waals surface area (Å²) in [7, 11) is 0. The van der Waals surface area contributed by atoms with Crippen LogP contribution in [0, 0.1) is 17.5 Å². The van der Waals surface area contributed by atoms with Crippen molar-refractivity contribution in [3.8, 4) is 0 Å². The SMILES string of the molecule is O=C(O)C1(c2c(F)cc(F)cc2F)CCC1. The molecule has 0 aromatic heterocycles. The van der Waals surface area contributed by atoms with E-state index in [0.717, 1.165) is 0 Å². The number of halogens is 3. The maximum absolute atomic E-state index is 13.4. The number of carboxylic acids is 1. The molecule has 0 spiro atoms. The molecule has 1 aliphatic carbocycles. The lowest BCUT2D eigenvalue weighted by Gasteiger charge is -2.38. The van der Waals surface area contributed by atoms with E-state index in [9.17, 15) is 18.0 Å². The molecule has 1 saturated carbocycles. The van der Waals surface area contributed by atoms with Crippen molar-refractivity contribution in [2.75, 3.05) is 0 Å². The van der Waals surface area contributed by atoms with Gasteiger partial charge >= 0.3 is 5.97 Å². The molecule has 2 nitrogen and oxygen atoms in total. The third kappa shape index (κ3) is 1.38. The van der Waals surface area contributed by atoms with Crippen molar-refractivity contribution >= 4 is 5.97 Å². The summed E-state index contributed by atoms with van der Waals surface area (Å²) >= 11 is 0. The number of hydrogen-bond donors (Lipinski definition) is 1. The Morgan fingerprint density at radius 2 is 1.69 bits per heavy atom. The van der Waals surface area contributed by atoms with E-state index in [2.05, 4.69) is 0 Å². The van der Waals surface area contributed by atoms with Gasteiger partial charge in [-0.25, -0.2) is 13.2 Å². The molecular formula is C11H9F3O2. The van der Waals surface area contributed by atoms with Gasteiger partial charge in [0.2, 0.25) is 0 Å². The van der Waals surface area contributed by atoms with Gasteiger partial charge in [-0.05, 0) is 12.8 Å². The minimum Gasteiger partial charge on any atom is -0.481 e. The molecule has 86 valence electrons. The molecule has 16 heavy (non-hydrogen) atoms. The summed E-state index contributed by atoms with van der Waals surface area (Å²) < 4.78 is 39.6. The van der Waals surface area contributed by atoms with Crippen LogP contribution in [-0.4, -0.2) is 11.1 Å². The fraction of sp³-hybridized carbons (Fsp3) is 0.364. The molecule has 1 aliphatic rings. The summed E-state index contributed by atoms with van der Waals surface area (Å²) in [5.41, 5.74) is -2.03. The van der Waals surface area contributed by atoms with Crippen molar-refractivity contribution in [2.24, 2.45) is 0 Å². The van der Waals surface area contributed by atoms with E-state index in [1.165, 1.54) is 0 Å². The van der Waals surface area contributed by atoms with Crippen LogP contribution >= 0.6 is 0 Å². The van der Waals surface area contributed by atoms with Crippen LogP contribution in [-0.2, 0) is 10.2 Å². The Hall–Kier alpha value is -1.52. The quantitative estimate of drug-likeness (QED) is 0.847. The Kier molecular flexibility index (Phi) is 2.40. The minimum atomic E-state index is -1.51. The lowest BCUT2D eigenvalue weighted by Crippen LogP contribution is -2.43. The number of hydrogen-bond acceptors (Lipinski definition) is 1. The molecule has 0 unspecified atom stereocenters. The summed E-state index contributed by atoms with van der Waals surface area (Å²) in [5, 5.41) is 9.03. The maximum atomic E-state index is 13.4. The Bertz CT molecular complexity index is 430. The Morgan fingerprint density at radius 1 is 1.19 bits per heavy atom. The normalized spacial score (nSPS) is 17.9. The van der Waals surface area contributed by atoms with Crippen molar-refractivity contribution in [3.63, 3.8) is 0 Å². The molecule has 1 fully saturated rings. The van der Waals surface area contributed by atoms with Gasteiger partial charge < -0.3 is 5.11 Å². The third-order valence-corrected chi connectivity index (χ3v) is 3.10. The molecule has 0 saturated heterocycles. The van der Waals surface area contributed by atoms with Crippen LogP contribution in [0.5, 0.6) is 0 Å². The van der Waals surface area contributed by atoms with E-state index in [4.69, 9.17) is 5.11 Å². The first-order valence-electron chi connectivity index (χ1n) is 4.86. The third-order valence-electron chi connectivity index (χ3n) is 3.10. The molecule has 0 heterocycles. The van der Waals surface area contributed by atoms with Crippen molar-refractivity contribution in [3.05, 3.63) is 35.1 Å². The van der Waals surface area contributed by atoms with Gasteiger partial charge in [-0.15, -0.1) is 0 Å². The summed E-state index contributed by atoms with van der Waals surface area (Å²) in [5.74, 6) is -4.55. The van der Waals surface area contributed by atoms with Crippen LogP contribution < -0.4 is 0 Å². The summed E-state index contributed by atoms with van der Waals surface area (Å²) in [4.78, 5) is 11.1. The standard InChI is InChI=1S/C11H9F3O2/c12-6-4-7(13)9(8(14)5-6)11(10(15)16)2-1-3-11/h4-5H,1-3H2,(H,15,16). The average molecular weight is 230 g/mol. The summed E-state index contributed by atoms with van der Waals surface area (Å²) in [6.07, 6.45) is 0.964. The van der Waals surface area contributed by atoms with Gasteiger partial charge in [-0.3, -0.25) is 4.79 Å². The lowest BCUT2D eigenvalue weighted by atomic mass is 9.64. The molecule has 1 N–H and O–H groups in total. The summed E-state index contributed by atoms with van der Waals surface area (Å²) in [6.45, 7) is 0.